The third-order valence-electron chi connectivity index (χ3n) is 5.59. The number of hydrogen-bond donors (Lipinski definition) is 2. The fourth-order valence-electron chi connectivity index (χ4n) is 4.03. The van der Waals surface area contributed by atoms with Crippen LogP contribution < -0.4 is 10.6 Å². The fraction of sp³-hybridized carbons (Fsp3) is 0.833. The van der Waals surface area contributed by atoms with Gasteiger partial charge in [0.25, 0.3) is 5.91 Å². The van der Waals surface area contributed by atoms with Gasteiger partial charge in [-0.05, 0) is 25.8 Å². The Kier molecular flexibility index (Phi) is 6.48. The monoisotopic (exact) mass is 366 g/mol. The molecule has 0 unspecified atom stereocenters. The van der Waals surface area contributed by atoms with E-state index in [1.54, 1.807) is 0 Å². The Balaban J connectivity index is 1.34. The first kappa shape index (κ1) is 19.1. The van der Waals surface area contributed by atoms with Crippen molar-refractivity contribution in [3.05, 3.63) is 0 Å². The van der Waals surface area contributed by atoms with Gasteiger partial charge in [0, 0.05) is 32.6 Å². The van der Waals surface area contributed by atoms with Crippen LogP contribution in [0.1, 0.15) is 44.9 Å². The minimum absolute atomic E-state index is 0.114. The molecule has 8 nitrogen and oxygen atoms in total. The highest BCUT2D eigenvalue weighted by molar-refractivity contribution is 6.07. The lowest BCUT2D eigenvalue weighted by atomic mass is 9.82. The standard InChI is InChI=1S/C18H30N4O4/c23-15(19-8-4-9-21-11-13-26-14-12-21)5-10-22-16(24)18(20-17(22)25)6-2-1-3-7-18/h1-14H2,(H,19,23)(H,20,25). The maximum Gasteiger partial charge on any atom is 0.325 e. The van der Waals surface area contributed by atoms with Gasteiger partial charge in [-0.1, -0.05) is 19.3 Å². The Morgan fingerprint density at radius 1 is 1.12 bits per heavy atom. The van der Waals surface area contributed by atoms with Crippen molar-refractivity contribution in [2.45, 2.75) is 50.5 Å². The molecule has 146 valence electrons. The van der Waals surface area contributed by atoms with E-state index in [0.29, 0.717) is 19.4 Å². The van der Waals surface area contributed by atoms with Crippen LogP contribution in [0, 0.1) is 0 Å². The number of urea groups is 1. The van der Waals surface area contributed by atoms with Crippen molar-refractivity contribution in [2.24, 2.45) is 0 Å². The molecule has 4 amide bonds. The molecule has 3 aliphatic rings. The van der Waals surface area contributed by atoms with Gasteiger partial charge in [-0.2, -0.15) is 0 Å². The molecule has 0 bridgehead atoms. The molecular weight excluding hydrogens is 336 g/mol. The smallest absolute Gasteiger partial charge is 0.325 e. The minimum atomic E-state index is -0.704. The number of nitrogens with zero attached hydrogens (tertiary/aromatic N) is 2. The van der Waals surface area contributed by atoms with Crippen molar-refractivity contribution in [3.63, 3.8) is 0 Å². The molecule has 1 saturated carbocycles. The van der Waals surface area contributed by atoms with Crippen LogP contribution in [0.25, 0.3) is 0 Å². The van der Waals surface area contributed by atoms with Gasteiger partial charge in [0.2, 0.25) is 5.91 Å². The van der Waals surface area contributed by atoms with Crippen molar-refractivity contribution < 1.29 is 19.1 Å². The summed E-state index contributed by atoms with van der Waals surface area (Å²) in [5, 5.41) is 5.75. The highest BCUT2D eigenvalue weighted by atomic mass is 16.5. The summed E-state index contributed by atoms with van der Waals surface area (Å²) >= 11 is 0. The number of rotatable bonds is 7. The average Bonchev–Trinajstić information content (AvgIpc) is 2.88. The van der Waals surface area contributed by atoms with Gasteiger partial charge in [-0.25, -0.2) is 4.79 Å². The number of hydrogen-bond acceptors (Lipinski definition) is 5. The second-order valence-corrected chi connectivity index (χ2v) is 7.44. The largest absolute Gasteiger partial charge is 0.379 e. The molecule has 0 aromatic rings. The molecule has 0 aromatic heterocycles. The van der Waals surface area contributed by atoms with Crippen LogP contribution in [0.4, 0.5) is 4.79 Å². The van der Waals surface area contributed by atoms with Crippen LogP contribution in [0.2, 0.25) is 0 Å². The second kappa shape index (κ2) is 8.81. The number of imide groups is 1. The van der Waals surface area contributed by atoms with Crippen molar-refractivity contribution in [3.8, 4) is 0 Å². The number of carbonyl (C=O) groups is 3. The van der Waals surface area contributed by atoms with Gasteiger partial charge in [0.1, 0.15) is 5.54 Å². The normalized spacial score (nSPS) is 23.3. The second-order valence-electron chi connectivity index (χ2n) is 7.44. The number of morpholine rings is 1. The highest BCUT2D eigenvalue weighted by Gasteiger charge is 2.50. The van der Waals surface area contributed by atoms with Crippen molar-refractivity contribution >= 4 is 17.8 Å². The average molecular weight is 366 g/mol. The first-order chi connectivity index (χ1) is 12.6. The molecule has 0 radical (unpaired) electrons. The van der Waals surface area contributed by atoms with Crippen LogP contribution in [-0.4, -0.2) is 79.1 Å². The summed E-state index contributed by atoms with van der Waals surface area (Å²) in [5.74, 6) is -0.264. The Labute approximate surface area is 154 Å². The number of nitrogens with one attached hydrogen (secondary N) is 2. The van der Waals surface area contributed by atoms with E-state index in [1.807, 2.05) is 0 Å². The lowest BCUT2D eigenvalue weighted by molar-refractivity contribution is -0.132. The Morgan fingerprint density at radius 2 is 1.85 bits per heavy atom. The van der Waals surface area contributed by atoms with Crippen molar-refractivity contribution in [1.82, 2.24) is 20.4 Å². The van der Waals surface area contributed by atoms with E-state index in [0.717, 1.165) is 58.5 Å². The lowest BCUT2D eigenvalue weighted by Crippen LogP contribution is -2.48. The van der Waals surface area contributed by atoms with E-state index in [4.69, 9.17) is 4.74 Å². The predicted molar refractivity (Wildman–Crippen MR) is 95.6 cm³/mol. The molecule has 2 saturated heterocycles. The topological polar surface area (TPSA) is 91.0 Å². The van der Waals surface area contributed by atoms with Gasteiger partial charge in [0.05, 0.1) is 13.2 Å². The van der Waals surface area contributed by atoms with Crippen LogP contribution in [0.3, 0.4) is 0 Å². The molecule has 0 atom stereocenters. The molecule has 2 heterocycles. The Bertz CT molecular complexity index is 527. The van der Waals surface area contributed by atoms with E-state index in [1.165, 1.54) is 4.90 Å². The number of ether oxygens (including phenoxy) is 1. The first-order valence-corrected chi connectivity index (χ1v) is 9.82. The third kappa shape index (κ3) is 4.54. The maximum atomic E-state index is 12.6. The SMILES string of the molecule is O=C(CCN1C(=O)NC2(CCCCC2)C1=O)NCCCN1CCOCC1. The molecular formula is C18H30N4O4. The number of carbonyl (C=O) groups excluding carboxylic acids is 3. The molecule has 1 spiro atoms. The summed E-state index contributed by atoms with van der Waals surface area (Å²) in [6.45, 7) is 5.16. The van der Waals surface area contributed by atoms with Crippen LogP contribution in [0.5, 0.6) is 0 Å². The van der Waals surface area contributed by atoms with Crippen molar-refractivity contribution in [1.29, 1.82) is 0 Å². The van der Waals surface area contributed by atoms with Crippen LogP contribution in [0.15, 0.2) is 0 Å². The highest BCUT2D eigenvalue weighted by Crippen LogP contribution is 2.33. The summed E-state index contributed by atoms with van der Waals surface area (Å²) in [6.07, 6.45) is 5.50. The molecule has 0 aromatic carbocycles. The van der Waals surface area contributed by atoms with Gasteiger partial charge in [-0.15, -0.1) is 0 Å². The number of amides is 4. The predicted octanol–water partition coefficient (Wildman–Crippen LogP) is 0.470. The third-order valence-corrected chi connectivity index (χ3v) is 5.59. The molecule has 2 N–H and O–H groups in total. The molecule has 26 heavy (non-hydrogen) atoms. The van der Waals surface area contributed by atoms with Crippen LogP contribution in [-0.2, 0) is 14.3 Å². The molecule has 2 aliphatic heterocycles. The van der Waals surface area contributed by atoms with Gasteiger partial charge in [-0.3, -0.25) is 19.4 Å². The zero-order chi connectivity index (χ0) is 18.4. The lowest BCUT2D eigenvalue weighted by Gasteiger charge is -2.30. The van der Waals surface area contributed by atoms with E-state index in [9.17, 15) is 14.4 Å². The van der Waals surface area contributed by atoms with Crippen LogP contribution >= 0.6 is 0 Å². The van der Waals surface area contributed by atoms with Gasteiger partial charge >= 0.3 is 6.03 Å². The quantitative estimate of drug-likeness (QED) is 0.505. The summed E-state index contributed by atoms with van der Waals surface area (Å²) in [4.78, 5) is 40.4. The summed E-state index contributed by atoms with van der Waals surface area (Å²) in [7, 11) is 0. The van der Waals surface area contributed by atoms with Gasteiger partial charge in [0.15, 0.2) is 0 Å². The maximum absolute atomic E-state index is 12.6. The summed E-state index contributed by atoms with van der Waals surface area (Å²) in [6, 6.07) is -0.350. The zero-order valence-electron chi connectivity index (χ0n) is 15.4. The molecule has 3 rings (SSSR count). The zero-order valence-corrected chi connectivity index (χ0v) is 15.4. The molecule has 3 fully saturated rings. The first-order valence-electron chi connectivity index (χ1n) is 9.82. The van der Waals surface area contributed by atoms with E-state index in [2.05, 4.69) is 15.5 Å². The summed E-state index contributed by atoms with van der Waals surface area (Å²) in [5.41, 5.74) is -0.704. The van der Waals surface area contributed by atoms with Gasteiger partial charge < -0.3 is 15.4 Å². The van der Waals surface area contributed by atoms with Crippen molar-refractivity contribution in [2.75, 3.05) is 45.9 Å². The van der Waals surface area contributed by atoms with E-state index < -0.39 is 5.54 Å². The van der Waals surface area contributed by atoms with E-state index >= 15 is 0 Å². The Morgan fingerprint density at radius 3 is 2.58 bits per heavy atom. The molecule has 8 heteroatoms. The minimum Gasteiger partial charge on any atom is -0.379 e. The summed E-state index contributed by atoms with van der Waals surface area (Å²) < 4.78 is 5.31. The molecule has 1 aliphatic carbocycles. The van der Waals surface area contributed by atoms with E-state index in [-0.39, 0.29) is 30.8 Å². The fourth-order valence-corrected chi connectivity index (χ4v) is 4.03. The Hall–Kier alpha value is -1.67.